The van der Waals surface area contributed by atoms with Crippen LogP contribution in [0.2, 0.25) is 0 Å². The number of aromatic nitrogens is 3. The first-order valence-corrected chi connectivity index (χ1v) is 8.25. The number of aliphatic carboxylic acids is 1. The fourth-order valence-electron chi connectivity index (χ4n) is 1.92. The molecule has 1 aromatic heterocycles. The Balaban J connectivity index is 1.98. The highest BCUT2D eigenvalue weighted by atomic mass is 32.2. The largest absolute Gasteiger partial charge is 0.494 e. The first kappa shape index (κ1) is 17.1. The topological polar surface area (TPSA) is 86.5 Å². The van der Waals surface area contributed by atoms with E-state index in [0.717, 1.165) is 17.5 Å². The van der Waals surface area contributed by atoms with Crippen molar-refractivity contribution in [2.75, 3.05) is 12.4 Å². The van der Waals surface area contributed by atoms with E-state index in [1.807, 2.05) is 42.7 Å². The van der Waals surface area contributed by atoms with Gasteiger partial charge in [0.05, 0.1) is 12.4 Å². The summed E-state index contributed by atoms with van der Waals surface area (Å²) in [6, 6.07) is 7.35. The summed E-state index contributed by atoms with van der Waals surface area (Å²) in [6.07, 6.45) is 0. The summed E-state index contributed by atoms with van der Waals surface area (Å²) >= 11 is 1.15. The molecule has 0 fully saturated rings. The van der Waals surface area contributed by atoms with E-state index >= 15 is 0 Å². The Hall–Kier alpha value is -2.22. The summed E-state index contributed by atoms with van der Waals surface area (Å²) < 4.78 is 12.9. The van der Waals surface area contributed by atoms with Crippen LogP contribution in [-0.2, 0) is 17.9 Å². The molecule has 0 amide bonds. The number of nitrogens with zero attached hydrogens (tertiary/aromatic N) is 3. The predicted octanol–water partition coefficient (Wildman–Crippen LogP) is 2.45. The number of ether oxygens (including phenoxy) is 2. The maximum absolute atomic E-state index is 10.7. The van der Waals surface area contributed by atoms with Crippen LogP contribution < -0.4 is 9.47 Å². The summed E-state index contributed by atoms with van der Waals surface area (Å²) in [5.41, 5.74) is 0. The van der Waals surface area contributed by atoms with E-state index in [9.17, 15) is 4.79 Å². The van der Waals surface area contributed by atoms with Gasteiger partial charge in [0.15, 0.2) is 11.0 Å². The quantitative estimate of drug-likeness (QED) is 0.703. The van der Waals surface area contributed by atoms with Gasteiger partial charge in [0.2, 0.25) is 0 Å². The molecule has 0 atom stereocenters. The van der Waals surface area contributed by atoms with Gasteiger partial charge >= 0.3 is 5.97 Å². The summed E-state index contributed by atoms with van der Waals surface area (Å²) in [7, 11) is 0. The van der Waals surface area contributed by atoms with Crippen LogP contribution >= 0.6 is 11.8 Å². The zero-order valence-corrected chi connectivity index (χ0v) is 13.9. The third-order valence-electron chi connectivity index (χ3n) is 2.94. The van der Waals surface area contributed by atoms with Crippen molar-refractivity contribution in [2.24, 2.45) is 0 Å². The van der Waals surface area contributed by atoms with Gasteiger partial charge in [-0.3, -0.25) is 4.79 Å². The van der Waals surface area contributed by atoms with Gasteiger partial charge in [0, 0.05) is 6.54 Å². The second kappa shape index (κ2) is 8.42. The van der Waals surface area contributed by atoms with Crippen molar-refractivity contribution in [3.63, 3.8) is 0 Å². The molecule has 1 aromatic carbocycles. The number of hydrogen-bond acceptors (Lipinski definition) is 6. The number of benzene rings is 1. The highest BCUT2D eigenvalue weighted by Gasteiger charge is 2.13. The van der Waals surface area contributed by atoms with Gasteiger partial charge in [-0.05, 0) is 38.1 Å². The normalized spacial score (nSPS) is 10.5. The highest BCUT2D eigenvalue weighted by molar-refractivity contribution is 7.99. The van der Waals surface area contributed by atoms with Crippen LogP contribution in [0, 0.1) is 0 Å². The molecule has 2 aromatic rings. The second-order valence-electron chi connectivity index (χ2n) is 4.52. The van der Waals surface area contributed by atoms with Gasteiger partial charge < -0.3 is 19.1 Å². The summed E-state index contributed by atoms with van der Waals surface area (Å²) in [5, 5.41) is 17.4. The van der Waals surface area contributed by atoms with Crippen molar-refractivity contribution in [3.8, 4) is 11.5 Å². The third-order valence-corrected chi connectivity index (χ3v) is 3.89. The van der Waals surface area contributed by atoms with Crippen molar-refractivity contribution in [1.29, 1.82) is 0 Å². The molecular formula is C15H19N3O4S. The Morgan fingerprint density at radius 2 is 1.83 bits per heavy atom. The Kier molecular flexibility index (Phi) is 6.28. The first-order valence-electron chi connectivity index (χ1n) is 7.26. The van der Waals surface area contributed by atoms with Crippen LogP contribution in [0.5, 0.6) is 11.5 Å². The van der Waals surface area contributed by atoms with Gasteiger partial charge in [-0.2, -0.15) is 0 Å². The fraction of sp³-hybridized carbons (Fsp3) is 0.400. The average Bonchev–Trinajstić information content (AvgIpc) is 2.94. The molecule has 0 aliphatic heterocycles. The Morgan fingerprint density at radius 3 is 2.39 bits per heavy atom. The number of hydrogen-bond donors (Lipinski definition) is 1. The molecule has 0 radical (unpaired) electrons. The molecule has 0 unspecified atom stereocenters. The van der Waals surface area contributed by atoms with Crippen LogP contribution in [0.15, 0.2) is 29.4 Å². The molecule has 0 aliphatic rings. The maximum atomic E-state index is 10.7. The Morgan fingerprint density at radius 1 is 1.17 bits per heavy atom. The van der Waals surface area contributed by atoms with Gasteiger partial charge in [0.1, 0.15) is 18.1 Å². The Bertz CT molecular complexity index is 643. The lowest BCUT2D eigenvalue weighted by molar-refractivity contribution is -0.133. The van der Waals surface area contributed by atoms with E-state index in [-0.39, 0.29) is 12.4 Å². The highest BCUT2D eigenvalue weighted by Crippen LogP contribution is 2.20. The fourth-order valence-corrected chi connectivity index (χ4v) is 2.66. The van der Waals surface area contributed by atoms with Crippen molar-refractivity contribution in [3.05, 3.63) is 30.1 Å². The number of thioether (sulfide) groups is 1. The van der Waals surface area contributed by atoms with Gasteiger partial charge in [-0.25, -0.2) is 0 Å². The molecule has 2 rings (SSSR count). The smallest absolute Gasteiger partial charge is 0.313 e. The maximum Gasteiger partial charge on any atom is 0.313 e. The molecule has 0 spiro atoms. The predicted molar refractivity (Wildman–Crippen MR) is 86.0 cm³/mol. The van der Waals surface area contributed by atoms with Crippen LogP contribution in [0.1, 0.15) is 19.7 Å². The molecule has 0 bridgehead atoms. The van der Waals surface area contributed by atoms with E-state index in [2.05, 4.69) is 10.2 Å². The van der Waals surface area contributed by atoms with E-state index in [0.29, 0.717) is 29.9 Å². The van der Waals surface area contributed by atoms with E-state index in [1.54, 1.807) is 0 Å². The average molecular weight is 337 g/mol. The van der Waals surface area contributed by atoms with Crippen LogP contribution in [0.3, 0.4) is 0 Å². The summed E-state index contributed by atoms with van der Waals surface area (Å²) in [4.78, 5) is 10.7. The minimum atomic E-state index is -0.882. The third kappa shape index (κ3) is 4.88. The molecule has 124 valence electrons. The van der Waals surface area contributed by atoms with Crippen LogP contribution in [0.4, 0.5) is 0 Å². The van der Waals surface area contributed by atoms with Crippen molar-refractivity contribution < 1.29 is 19.4 Å². The zero-order chi connectivity index (χ0) is 16.7. The molecule has 8 heteroatoms. The number of rotatable bonds is 9. The number of carboxylic acid groups (broad SMARTS) is 1. The zero-order valence-electron chi connectivity index (χ0n) is 13.1. The van der Waals surface area contributed by atoms with Crippen LogP contribution in [-0.4, -0.2) is 38.2 Å². The van der Waals surface area contributed by atoms with Crippen molar-refractivity contribution >= 4 is 17.7 Å². The van der Waals surface area contributed by atoms with E-state index in [4.69, 9.17) is 14.6 Å². The van der Waals surface area contributed by atoms with Gasteiger partial charge in [0.25, 0.3) is 0 Å². The van der Waals surface area contributed by atoms with Crippen molar-refractivity contribution in [1.82, 2.24) is 14.8 Å². The molecule has 0 saturated heterocycles. The lowest BCUT2D eigenvalue weighted by Crippen LogP contribution is -2.08. The van der Waals surface area contributed by atoms with E-state index in [1.165, 1.54) is 0 Å². The van der Waals surface area contributed by atoms with Crippen molar-refractivity contribution in [2.45, 2.75) is 32.2 Å². The number of carboxylic acids is 1. The Labute approximate surface area is 138 Å². The minimum absolute atomic E-state index is 0.0438. The lowest BCUT2D eigenvalue weighted by atomic mass is 10.3. The van der Waals surface area contributed by atoms with Gasteiger partial charge in [-0.1, -0.05) is 11.8 Å². The minimum Gasteiger partial charge on any atom is -0.494 e. The molecule has 0 aliphatic carbocycles. The molecule has 1 N–H and O–H groups in total. The molecular weight excluding hydrogens is 318 g/mol. The summed E-state index contributed by atoms with van der Waals surface area (Å²) in [5.74, 6) is 1.24. The molecule has 1 heterocycles. The molecule has 0 saturated carbocycles. The number of carbonyl (C=O) groups is 1. The molecule has 7 nitrogen and oxygen atoms in total. The van der Waals surface area contributed by atoms with Crippen LogP contribution in [0.25, 0.3) is 0 Å². The van der Waals surface area contributed by atoms with Gasteiger partial charge in [-0.15, -0.1) is 10.2 Å². The SMILES string of the molecule is CCOc1ccc(OCc2nnc(SCC(=O)O)n2CC)cc1. The molecule has 23 heavy (non-hydrogen) atoms. The monoisotopic (exact) mass is 337 g/mol. The van der Waals surface area contributed by atoms with E-state index < -0.39 is 5.97 Å². The lowest BCUT2D eigenvalue weighted by Gasteiger charge is -2.09. The second-order valence-corrected chi connectivity index (χ2v) is 5.46. The standard InChI is InChI=1S/C15H19N3O4S/c1-3-18-13(16-17-15(18)23-10-14(19)20)9-22-12-7-5-11(6-8-12)21-4-2/h5-8H,3-4,9-10H2,1-2H3,(H,19,20). The first-order chi connectivity index (χ1) is 11.1. The summed E-state index contributed by atoms with van der Waals surface area (Å²) in [6.45, 7) is 5.42.